The van der Waals surface area contributed by atoms with Gasteiger partial charge in [-0.25, -0.2) is 4.99 Å². The lowest BCUT2D eigenvalue weighted by atomic mass is 10.1. The van der Waals surface area contributed by atoms with Crippen LogP contribution < -0.4 is 15.4 Å². The molecule has 2 atom stereocenters. The molecule has 0 radical (unpaired) electrons. The number of hydrogen-bond acceptors (Lipinski definition) is 3. The van der Waals surface area contributed by atoms with Gasteiger partial charge >= 0.3 is 0 Å². The van der Waals surface area contributed by atoms with Gasteiger partial charge in [-0.05, 0) is 44.7 Å². The molecular formula is C20H33N3O2. The van der Waals surface area contributed by atoms with Gasteiger partial charge in [0, 0.05) is 24.6 Å². The van der Waals surface area contributed by atoms with E-state index in [-0.39, 0.29) is 6.10 Å². The lowest BCUT2D eigenvalue weighted by Crippen LogP contribution is -2.41. The van der Waals surface area contributed by atoms with Crippen LogP contribution in [0, 0.1) is 12.8 Å². The molecule has 1 aliphatic rings. The van der Waals surface area contributed by atoms with Crippen molar-refractivity contribution in [3.63, 3.8) is 0 Å². The average molecular weight is 348 g/mol. The SMILES string of the molecule is CCCOc1cc(C)ccc1CN=C(NCC)NCC1CCCC1O. The Kier molecular flexibility index (Phi) is 8.06. The van der Waals surface area contributed by atoms with Crippen molar-refractivity contribution in [3.05, 3.63) is 29.3 Å². The molecule has 2 unspecified atom stereocenters. The van der Waals surface area contributed by atoms with Crippen molar-refractivity contribution < 1.29 is 9.84 Å². The maximum Gasteiger partial charge on any atom is 0.191 e. The zero-order chi connectivity index (χ0) is 18.1. The van der Waals surface area contributed by atoms with E-state index in [4.69, 9.17) is 9.73 Å². The molecule has 5 heteroatoms. The van der Waals surface area contributed by atoms with Gasteiger partial charge in [-0.2, -0.15) is 0 Å². The number of benzene rings is 1. The smallest absolute Gasteiger partial charge is 0.191 e. The highest BCUT2D eigenvalue weighted by Gasteiger charge is 2.24. The third-order valence-corrected chi connectivity index (χ3v) is 4.59. The average Bonchev–Trinajstić information content (AvgIpc) is 3.01. The first-order chi connectivity index (χ1) is 12.1. The Morgan fingerprint density at radius 3 is 2.80 bits per heavy atom. The molecule has 0 spiro atoms. The normalized spacial score (nSPS) is 20.6. The van der Waals surface area contributed by atoms with Gasteiger partial charge in [0.05, 0.1) is 19.3 Å². The Hall–Kier alpha value is -1.75. The molecule has 25 heavy (non-hydrogen) atoms. The maximum atomic E-state index is 9.97. The van der Waals surface area contributed by atoms with E-state index in [9.17, 15) is 5.11 Å². The standard InChI is InChI=1S/C20H33N3O2/c1-4-11-25-19-12-15(3)9-10-17(19)14-23-20(21-5-2)22-13-16-7-6-8-18(16)24/h9-10,12,16,18,24H,4-8,11,13-14H2,1-3H3,(H2,21,22,23). The summed E-state index contributed by atoms with van der Waals surface area (Å²) in [5.41, 5.74) is 2.29. The van der Waals surface area contributed by atoms with Crippen molar-refractivity contribution in [2.45, 2.75) is 59.1 Å². The van der Waals surface area contributed by atoms with Gasteiger partial charge in [-0.15, -0.1) is 0 Å². The van der Waals surface area contributed by atoms with Gasteiger partial charge in [-0.1, -0.05) is 25.5 Å². The summed E-state index contributed by atoms with van der Waals surface area (Å²) in [5.74, 6) is 2.04. The Labute approximate surface area is 151 Å². The van der Waals surface area contributed by atoms with Gasteiger partial charge in [0.25, 0.3) is 0 Å². The quantitative estimate of drug-likeness (QED) is 0.500. The highest BCUT2D eigenvalue weighted by atomic mass is 16.5. The first-order valence-electron chi connectivity index (χ1n) is 9.56. The second-order valence-electron chi connectivity index (χ2n) is 6.79. The van der Waals surface area contributed by atoms with Gasteiger partial charge < -0.3 is 20.5 Å². The molecular weight excluding hydrogens is 314 g/mol. The monoisotopic (exact) mass is 347 g/mol. The summed E-state index contributed by atoms with van der Waals surface area (Å²) in [6.45, 7) is 9.11. The fourth-order valence-corrected chi connectivity index (χ4v) is 3.13. The van der Waals surface area contributed by atoms with Crippen LogP contribution in [0.15, 0.2) is 23.2 Å². The van der Waals surface area contributed by atoms with E-state index in [1.165, 1.54) is 5.56 Å². The third-order valence-electron chi connectivity index (χ3n) is 4.59. The van der Waals surface area contributed by atoms with E-state index in [1.54, 1.807) is 0 Å². The van der Waals surface area contributed by atoms with Crippen LogP contribution in [0.4, 0.5) is 0 Å². The van der Waals surface area contributed by atoms with Crippen LogP contribution in [0.1, 0.15) is 50.7 Å². The molecule has 1 aliphatic carbocycles. The summed E-state index contributed by atoms with van der Waals surface area (Å²) in [5, 5.41) is 16.6. The van der Waals surface area contributed by atoms with Crippen LogP contribution in [-0.4, -0.2) is 36.9 Å². The molecule has 140 valence electrons. The van der Waals surface area contributed by atoms with Crippen LogP contribution >= 0.6 is 0 Å². The number of guanidine groups is 1. The number of aliphatic imine (C=N–C) groups is 1. The van der Waals surface area contributed by atoms with Crippen LogP contribution in [0.3, 0.4) is 0 Å². The van der Waals surface area contributed by atoms with E-state index < -0.39 is 0 Å². The molecule has 0 heterocycles. The van der Waals surface area contributed by atoms with Crippen LogP contribution in [0.5, 0.6) is 5.75 Å². The fraction of sp³-hybridized carbons (Fsp3) is 0.650. The minimum atomic E-state index is -0.179. The molecule has 0 bridgehead atoms. The van der Waals surface area contributed by atoms with E-state index in [2.05, 4.69) is 49.6 Å². The Balaban J connectivity index is 1.99. The molecule has 1 saturated carbocycles. The molecule has 3 N–H and O–H groups in total. The number of nitrogens with zero attached hydrogens (tertiary/aromatic N) is 1. The van der Waals surface area contributed by atoms with Crippen LogP contribution in [-0.2, 0) is 6.54 Å². The number of nitrogens with one attached hydrogen (secondary N) is 2. The minimum Gasteiger partial charge on any atom is -0.493 e. The lowest BCUT2D eigenvalue weighted by Gasteiger charge is -2.18. The predicted molar refractivity (Wildman–Crippen MR) is 103 cm³/mol. The summed E-state index contributed by atoms with van der Waals surface area (Å²) in [6.07, 6.45) is 3.93. The number of rotatable bonds is 8. The number of aryl methyl sites for hydroxylation is 1. The van der Waals surface area contributed by atoms with Crippen molar-refractivity contribution in [3.8, 4) is 5.75 Å². The van der Waals surface area contributed by atoms with Gasteiger partial charge in [-0.3, -0.25) is 0 Å². The number of aliphatic hydroxyl groups is 1. The number of aliphatic hydroxyl groups excluding tert-OH is 1. The fourth-order valence-electron chi connectivity index (χ4n) is 3.13. The highest BCUT2D eigenvalue weighted by Crippen LogP contribution is 2.24. The summed E-state index contributed by atoms with van der Waals surface area (Å²) in [4.78, 5) is 4.70. The maximum absolute atomic E-state index is 9.97. The highest BCUT2D eigenvalue weighted by molar-refractivity contribution is 5.79. The molecule has 1 fully saturated rings. The van der Waals surface area contributed by atoms with E-state index in [0.717, 1.165) is 62.7 Å². The van der Waals surface area contributed by atoms with Gasteiger partial charge in [0.15, 0.2) is 5.96 Å². The summed E-state index contributed by atoms with van der Waals surface area (Å²) < 4.78 is 5.87. The second kappa shape index (κ2) is 10.3. The lowest BCUT2D eigenvalue weighted by molar-refractivity contribution is 0.134. The molecule has 0 aliphatic heterocycles. The second-order valence-corrected chi connectivity index (χ2v) is 6.79. The predicted octanol–water partition coefficient (Wildman–Crippen LogP) is 3.00. The van der Waals surface area contributed by atoms with Crippen LogP contribution in [0.25, 0.3) is 0 Å². The van der Waals surface area contributed by atoms with Crippen molar-refractivity contribution in [1.29, 1.82) is 0 Å². The first-order valence-corrected chi connectivity index (χ1v) is 9.56. The van der Waals surface area contributed by atoms with Crippen molar-refractivity contribution >= 4 is 5.96 Å². The zero-order valence-corrected chi connectivity index (χ0v) is 15.8. The largest absolute Gasteiger partial charge is 0.493 e. The molecule has 0 amide bonds. The van der Waals surface area contributed by atoms with E-state index >= 15 is 0 Å². The topological polar surface area (TPSA) is 65.9 Å². The van der Waals surface area contributed by atoms with Crippen molar-refractivity contribution in [2.24, 2.45) is 10.9 Å². The molecule has 5 nitrogen and oxygen atoms in total. The Bertz CT molecular complexity index is 560. The van der Waals surface area contributed by atoms with Crippen molar-refractivity contribution in [2.75, 3.05) is 19.7 Å². The Morgan fingerprint density at radius 2 is 2.12 bits per heavy atom. The van der Waals surface area contributed by atoms with E-state index in [0.29, 0.717) is 12.5 Å². The molecule has 0 aromatic heterocycles. The third kappa shape index (κ3) is 6.24. The summed E-state index contributed by atoms with van der Waals surface area (Å²) >= 11 is 0. The minimum absolute atomic E-state index is 0.179. The van der Waals surface area contributed by atoms with Crippen molar-refractivity contribution in [1.82, 2.24) is 10.6 Å². The van der Waals surface area contributed by atoms with Gasteiger partial charge in [0.2, 0.25) is 0 Å². The number of ether oxygens (including phenoxy) is 1. The summed E-state index contributed by atoms with van der Waals surface area (Å²) in [7, 11) is 0. The molecule has 0 saturated heterocycles. The number of hydrogen-bond donors (Lipinski definition) is 3. The van der Waals surface area contributed by atoms with Gasteiger partial charge in [0.1, 0.15) is 5.75 Å². The van der Waals surface area contributed by atoms with Crippen LogP contribution in [0.2, 0.25) is 0 Å². The summed E-state index contributed by atoms with van der Waals surface area (Å²) in [6, 6.07) is 6.27. The first kappa shape index (κ1) is 19.6. The molecule has 1 aromatic carbocycles. The zero-order valence-electron chi connectivity index (χ0n) is 15.8. The molecule has 2 rings (SSSR count). The Morgan fingerprint density at radius 1 is 1.28 bits per heavy atom. The molecule has 1 aromatic rings. The van der Waals surface area contributed by atoms with E-state index in [1.807, 2.05) is 0 Å².